The number of carbonyl (C=O) groups is 1. The maximum atomic E-state index is 14.5. The molecule has 10 heteroatoms. The van der Waals surface area contributed by atoms with Gasteiger partial charge < -0.3 is 10.6 Å². The number of piperidine rings is 1. The lowest BCUT2D eigenvalue weighted by molar-refractivity contribution is -0.137. The summed E-state index contributed by atoms with van der Waals surface area (Å²) in [6, 6.07) is 7.35. The Bertz CT molecular complexity index is 1140. The summed E-state index contributed by atoms with van der Waals surface area (Å²) in [4.78, 5) is 13.0. The van der Waals surface area contributed by atoms with E-state index in [0.717, 1.165) is 24.3 Å². The zero-order valence-corrected chi connectivity index (χ0v) is 16.7. The normalized spacial score (nSPS) is 15.0. The van der Waals surface area contributed by atoms with Crippen LogP contribution >= 0.6 is 0 Å². The summed E-state index contributed by atoms with van der Waals surface area (Å²) < 4.78 is 68.1. The summed E-state index contributed by atoms with van der Waals surface area (Å²) in [5.74, 6) is -2.39. The molecule has 4 rings (SSSR count). The van der Waals surface area contributed by atoms with Gasteiger partial charge in [0, 0.05) is 17.7 Å². The summed E-state index contributed by atoms with van der Waals surface area (Å²) >= 11 is 0. The van der Waals surface area contributed by atoms with Crippen LogP contribution < -0.4 is 10.6 Å². The van der Waals surface area contributed by atoms with Crippen molar-refractivity contribution in [2.75, 3.05) is 18.4 Å². The molecule has 1 saturated heterocycles. The molecule has 1 amide bonds. The minimum absolute atomic E-state index is 0.0157. The second-order valence-corrected chi connectivity index (χ2v) is 7.51. The van der Waals surface area contributed by atoms with Gasteiger partial charge in [-0.25, -0.2) is 13.5 Å². The predicted octanol–water partition coefficient (Wildman–Crippen LogP) is 4.89. The highest BCUT2D eigenvalue weighted by molar-refractivity contribution is 6.05. The van der Waals surface area contributed by atoms with E-state index in [-0.39, 0.29) is 22.9 Å². The van der Waals surface area contributed by atoms with Crippen LogP contribution in [0.5, 0.6) is 0 Å². The maximum Gasteiger partial charge on any atom is 0.416 e. The molecular formula is C22H19F5N4O. The first-order valence-electron chi connectivity index (χ1n) is 9.96. The molecule has 1 fully saturated rings. The Morgan fingerprint density at radius 2 is 1.84 bits per heavy atom. The number of amides is 1. The molecule has 2 aromatic carbocycles. The third-order valence-electron chi connectivity index (χ3n) is 5.36. The molecule has 0 aliphatic carbocycles. The van der Waals surface area contributed by atoms with Crippen LogP contribution in [-0.4, -0.2) is 28.8 Å². The predicted molar refractivity (Wildman–Crippen MR) is 108 cm³/mol. The highest BCUT2D eigenvalue weighted by Crippen LogP contribution is 2.33. The van der Waals surface area contributed by atoms with Crippen LogP contribution in [0, 0.1) is 11.6 Å². The van der Waals surface area contributed by atoms with Crippen LogP contribution in [0.3, 0.4) is 0 Å². The maximum absolute atomic E-state index is 14.5. The Morgan fingerprint density at radius 3 is 2.53 bits per heavy atom. The third kappa shape index (κ3) is 4.50. The van der Waals surface area contributed by atoms with E-state index in [0.29, 0.717) is 31.6 Å². The van der Waals surface area contributed by atoms with E-state index in [2.05, 4.69) is 15.7 Å². The van der Waals surface area contributed by atoms with Crippen molar-refractivity contribution in [3.8, 4) is 5.69 Å². The van der Waals surface area contributed by atoms with Crippen LogP contribution in [-0.2, 0) is 6.18 Å². The van der Waals surface area contributed by atoms with E-state index < -0.39 is 29.3 Å². The number of hydrogen-bond acceptors (Lipinski definition) is 3. The van der Waals surface area contributed by atoms with E-state index in [1.54, 1.807) is 0 Å². The molecule has 0 spiro atoms. The second kappa shape index (κ2) is 8.70. The molecule has 0 atom stereocenters. The van der Waals surface area contributed by atoms with Crippen molar-refractivity contribution in [1.82, 2.24) is 15.1 Å². The summed E-state index contributed by atoms with van der Waals surface area (Å²) in [5.41, 5.74) is -0.377. The van der Waals surface area contributed by atoms with Gasteiger partial charge in [-0.3, -0.25) is 4.79 Å². The lowest BCUT2D eigenvalue weighted by Gasteiger charge is -2.25. The molecular weight excluding hydrogens is 431 g/mol. The van der Waals surface area contributed by atoms with Gasteiger partial charge in [-0.1, -0.05) is 6.07 Å². The summed E-state index contributed by atoms with van der Waals surface area (Å²) in [6.45, 7) is 1.35. The van der Waals surface area contributed by atoms with E-state index in [9.17, 15) is 26.7 Å². The topological polar surface area (TPSA) is 59.0 Å². The minimum atomic E-state index is -4.55. The van der Waals surface area contributed by atoms with Crippen molar-refractivity contribution in [2.45, 2.75) is 24.9 Å². The number of aromatic nitrogens is 2. The molecule has 0 radical (unpaired) electrons. The van der Waals surface area contributed by atoms with Gasteiger partial charge in [-0.15, -0.1) is 0 Å². The average Bonchev–Trinajstić information content (AvgIpc) is 3.19. The number of hydrogen-bond donors (Lipinski definition) is 2. The van der Waals surface area contributed by atoms with E-state index >= 15 is 0 Å². The lowest BCUT2D eigenvalue weighted by Crippen LogP contribution is -2.29. The Hall–Kier alpha value is -3.27. The number of benzene rings is 2. The lowest BCUT2D eigenvalue weighted by atomic mass is 9.91. The molecule has 0 saturated carbocycles. The molecule has 5 nitrogen and oxygen atoms in total. The second-order valence-electron chi connectivity index (χ2n) is 7.51. The van der Waals surface area contributed by atoms with Gasteiger partial charge >= 0.3 is 6.18 Å². The number of anilines is 1. The molecule has 0 bridgehead atoms. The van der Waals surface area contributed by atoms with Gasteiger partial charge in [0.2, 0.25) is 0 Å². The largest absolute Gasteiger partial charge is 0.416 e. The van der Waals surface area contributed by atoms with Crippen molar-refractivity contribution in [3.05, 3.63) is 77.1 Å². The van der Waals surface area contributed by atoms with Crippen molar-refractivity contribution >= 4 is 11.6 Å². The van der Waals surface area contributed by atoms with Gasteiger partial charge in [0.25, 0.3) is 5.91 Å². The van der Waals surface area contributed by atoms with Gasteiger partial charge in [0.05, 0.1) is 23.0 Å². The van der Waals surface area contributed by atoms with Crippen molar-refractivity contribution in [1.29, 1.82) is 0 Å². The molecule has 1 aliphatic heterocycles. The summed E-state index contributed by atoms with van der Waals surface area (Å²) in [6.07, 6.45) is -1.99. The molecule has 3 aromatic rings. The number of nitrogens with one attached hydrogen (secondary N) is 2. The molecule has 2 heterocycles. The monoisotopic (exact) mass is 450 g/mol. The van der Waals surface area contributed by atoms with E-state index in [1.807, 2.05) is 0 Å². The van der Waals surface area contributed by atoms with Crippen LogP contribution in [0.25, 0.3) is 5.69 Å². The highest BCUT2D eigenvalue weighted by Gasteiger charge is 2.31. The fourth-order valence-electron chi connectivity index (χ4n) is 3.84. The molecule has 32 heavy (non-hydrogen) atoms. The summed E-state index contributed by atoms with van der Waals surface area (Å²) in [5, 5.41) is 9.84. The molecule has 168 valence electrons. The quantitative estimate of drug-likeness (QED) is 0.557. The van der Waals surface area contributed by atoms with Crippen molar-refractivity contribution < 1.29 is 26.7 Å². The van der Waals surface area contributed by atoms with Crippen LogP contribution in [0.4, 0.5) is 27.6 Å². The van der Waals surface area contributed by atoms with Gasteiger partial charge in [-0.2, -0.15) is 18.3 Å². The van der Waals surface area contributed by atoms with E-state index in [1.165, 1.54) is 29.1 Å². The molecule has 2 N–H and O–H groups in total. The number of halogens is 5. The van der Waals surface area contributed by atoms with Crippen LogP contribution in [0.1, 0.15) is 40.4 Å². The zero-order valence-electron chi connectivity index (χ0n) is 16.7. The van der Waals surface area contributed by atoms with Gasteiger partial charge in [0.15, 0.2) is 5.82 Å². The number of nitrogens with zero attached hydrogens (tertiary/aromatic N) is 2. The Morgan fingerprint density at radius 1 is 1.09 bits per heavy atom. The fraction of sp³-hybridized carbons (Fsp3) is 0.273. The van der Waals surface area contributed by atoms with Crippen molar-refractivity contribution in [2.24, 2.45) is 0 Å². The fourth-order valence-corrected chi connectivity index (χ4v) is 3.84. The van der Waals surface area contributed by atoms with Crippen LogP contribution in [0.15, 0.2) is 48.7 Å². The van der Waals surface area contributed by atoms with Gasteiger partial charge in [0.1, 0.15) is 11.5 Å². The van der Waals surface area contributed by atoms with Gasteiger partial charge in [-0.05, 0) is 56.3 Å². The zero-order chi connectivity index (χ0) is 22.9. The first kappa shape index (κ1) is 21.9. The Kier molecular flexibility index (Phi) is 5.96. The Balaban J connectivity index is 1.72. The van der Waals surface area contributed by atoms with E-state index in [4.69, 9.17) is 0 Å². The number of carbonyl (C=O) groups excluding carboxylic acids is 1. The molecule has 1 aliphatic rings. The minimum Gasteiger partial charge on any atom is -0.322 e. The molecule has 1 aromatic heterocycles. The summed E-state index contributed by atoms with van der Waals surface area (Å²) in [7, 11) is 0. The van der Waals surface area contributed by atoms with Crippen molar-refractivity contribution in [3.63, 3.8) is 0 Å². The first-order chi connectivity index (χ1) is 15.2. The Labute approximate surface area is 180 Å². The highest BCUT2D eigenvalue weighted by atomic mass is 19.4. The standard InChI is InChI=1S/C22H19F5N4O/c23-15-4-5-19(18(24)11-15)31-20(13-6-8-28-9-7-13)17(12-29-31)21(32)30-16-3-1-2-14(10-16)22(25,26)27/h1-5,10-13,28H,6-9H2,(H,30,32). The number of rotatable bonds is 4. The SMILES string of the molecule is O=C(Nc1cccc(C(F)(F)F)c1)c1cnn(-c2ccc(F)cc2F)c1C1CCNCC1. The first-order valence-corrected chi connectivity index (χ1v) is 9.96. The van der Waals surface area contributed by atoms with Crippen LogP contribution in [0.2, 0.25) is 0 Å². The third-order valence-corrected chi connectivity index (χ3v) is 5.36. The molecule has 0 unspecified atom stereocenters. The number of alkyl halides is 3. The smallest absolute Gasteiger partial charge is 0.322 e. The average molecular weight is 450 g/mol.